The van der Waals surface area contributed by atoms with Gasteiger partial charge in [0.2, 0.25) is 0 Å². The summed E-state index contributed by atoms with van der Waals surface area (Å²) < 4.78 is 19.6. The van der Waals surface area contributed by atoms with Gasteiger partial charge in [0.05, 0.1) is 7.11 Å². The van der Waals surface area contributed by atoms with Gasteiger partial charge in [0.15, 0.2) is 11.6 Å². The van der Waals surface area contributed by atoms with Gasteiger partial charge in [-0.1, -0.05) is 56.6 Å². The van der Waals surface area contributed by atoms with E-state index < -0.39 is 0 Å². The molecule has 0 aliphatic carbocycles. The predicted molar refractivity (Wildman–Crippen MR) is 87.9 cm³/mol. The lowest BCUT2D eigenvalue weighted by Crippen LogP contribution is -1.93. The Hall–Kier alpha value is -1.13. The molecule has 2 aromatic carbocycles. The zero-order valence-electron chi connectivity index (χ0n) is 10.9. The molecule has 0 bridgehead atoms. The molecule has 0 atom stereocenters. The van der Waals surface area contributed by atoms with E-state index in [9.17, 15) is 4.39 Å². The van der Waals surface area contributed by atoms with E-state index in [1.807, 2.05) is 18.2 Å². The molecule has 0 aromatic heterocycles. The summed E-state index contributed by atoms with van der Waals surface area (Å²) in [5, 5.41) is 0.787. The van der Waals surface area contributed by atoms with Crippen molar-refractivity contribution in [1.29, 1.82) is 0 Å². The van der Waals surface area contributed by atoms with Crippen LogP contribution < -0.4 is 4.74 Å². The van der Waals surface area contributed by atoms with Gasteiger partial charge in [-0.3, -0.25) is 0 Å². The van der Waals surface area contributed by atoms with E-state index >= 15 is 0 Å². The molecule has 0 saturated heterocycles. The molecular formula is C16H13Br2FO. The Morgan fingerprint density at radius 2 is 2.00 bits per heavy atom. The van der Waals surface area contributed by atoms with Crippen molar-refractivity contribution in [3.8, 4) is 5.75 Å². The van der Waals surface area contributed by atoms with Crippen LogP contribution in [0.15, 0.2) is 47.4 Å². The SMILES string of the molecule is C=C(c1ccc(OC)c(F)c1)c1ccc(CBr)cc1Br. The van der Waals surface area contributed by atoms with Crippen LogP contribution in [0, 0.1) is 5.82 Å². The van der Waals surface area contributed by atoms with Gasteiger partial charge in [0.1, 0.15) is 0 Å². The summed E-state index contributed by atoms with van der Waals surface area (Å²) in [5.41, 5.74) is 3.60. The first-order valence-corrected chi connectivity index (χ1v) is 7.86. The van der Waals surface area contributed by atoms with Crippen LogP contribution in [0.3, 0.4) is 0 Å². The van der Waals surface area contributed by atoms with E-state index in [-0.39, 0.29) is 11.6 Å². The minimum Gasteiger partial charge on any atom is -0.494 e. The molecule has 20 heavy (non-hydrogen) atoms. The third-order valence-electron chi connectivity index (χ3n) is 3.01. The Kier molecular flexibility index (Phi) is 5.00. The summed E-state index contributed by atoms with van der Waals surface area (Å²) in [6.07, 6.45) is 0. The van der Waals surface area contributed by atoms with Crippen LogP contribution in [-0.4, -0.2) is 7.11 Å². The van der Waals surface area contributed by atoms with Crippen molar-refractivity contribution in [2.75, 3.05) is 7.11 Å². The fourth-order valence-electron chi connectivity index (χ4n) is 1.90. The highest BCUT2D eigenvalue weighted by Gasteiger charge is 2.10. The van der Waals surface area contributed by atoms with Gasteiger partial charge in [-0.2, -0.15) is 0 Å². The van der Waals surface area contributed by atoms with Crippen molar-refractivity contribution < 1.29 is 9.13 Å². The van der Waals surface area contributed by atoms with Gasteiger partial charge >= 0.3 is 0 Å². The molecule has 0 fully saturated rings. The number of benzene rings is 2. The lowest BCUT2D eigenvalue weighted by Gasteiger charge is -2.11. The van der Waals surface area contributed by atoms with Crippen molar-refractivity contribution in [2.24, 2.45) is 0 Å². The number of halogens is 3. The summed E-state index contributed by atoms with van der Waals surface area (Å²) in [4.78, 5) is 0. The van der Waals surface area contributed by atoms with Crippen LogP contribution >= 0.6 is 31.9 Å². The molecule has 2 rings (SSSR count). The van der Waals surface area contributed by atoms with Gasteiger partial charge in [-0.25, -0.2) is 4.39 Å². The molecule has 0 heterocycles. The molecule has 0 aliphatic rings. The summed E-state index contributed by atoms with van der Waals surface area (Å²) in [7, 11) is 1.45. The summed E-state index contributed by atoms with van der Waals surface area (Å²) in [6, 6.07) is 10.9. The second-order valence-corrected chi connectivity index (χ2v) is 5.69. The molecule has 0 N–H and O–H groups in total. The molecule has 0 unspecified atom stereocenters. The molecule has 2 aromatic rings. The third-order valence-corrected chi connectivity index (χ3v) is 4.32. The van der Waals surface area contributed by atoms with Gasteiger partial charge in [0, 0.05) is 9.80 Å². The minimum absolute atomic E-state index is 0.232. The molecule has 0 spiro atoms. The zero-order valence-corrected chi connectivity index (χ0v) is 14.1. The molecule has 1 nitrogen and oxygen atoms in total. The van der Waals surface area contributed by atoms with E-state index in [2.05, 4.69) is 38.4 Å². The Bertz CT molecular complexity index is 653. The van der Waals surface area contributed by atoms with Gasteiger partial charge in [-0.15, -0.1) is 0 Å². The molecule has 4 heteroatoms. The smallest absolute Gasteiger partial charge is 0.165 e. The Morgan fingerprint density at radius 1 is 1.25 bits per heavy atom. The maximum Gasteiger partial charge on any atom is 0.165 e. The van der Waals surface area contributed by atoms with Crippen LogP contribution in [-0.2, 0) is 5.33 Å². The highest BCUT2D eigenvalue weighted by atomic mass is 79.9. The largest absolute Gasteiger partial charge is 0.494 e. The predicted octanol–water partition coefficient (Wildman–Crippen LogP) is 5.55. The fourth-order valence-corrected chi connectivity index (χ4v) is 2.91. The maximum atomic E-state index is 13.8. The summed E-state index contributed by atoms with van der Waals surface area (Å²) in [6.45, 7) is 4.06. The Labute approximate surface area is 134 Å². The second kappa shape index (κ2) is 6.55. The summed E-state index contributed by atoms with van der Waals surface area (Å²) in [5.74, 6) is -0.158. The third kappa shape index (κ3) is 3.13. The number of hydrogen-bond acceptors (Lipinski definition) is 1. The first-order valence-electron chi connectivity index (χ1n) is 5.94. The van der Waals surface area contributed by atoms with Crippen molar-refractivity contribution in [1.82, 2.24) is 0 Å². The van der Waals surface area contributed by atoms with E-state index in [1.165, 1.54) is 13.2 Å². The first kappa shape index (κ1) is 15.3. The lowest BCUT2D eigenvalue weighted by atomic mass is 9.98. The summed E-state index contributed by atoms with van der Waals surface area (Å²) >= 11 is 6.95. The molecular weight excluding hydrogens is 387 g/mol. The first-order chi connectivity index (χ1) is 9.56. The fraction of sp³-hybridized carbons (Fsp3) is 0.125. The lowest BCUT2D eigenvalue weighted by molar-refractivity contribution is 0.386. The van der Waals surface area contributed by atoms with Crippen molar-refractivity contribution in [2.45, 2.75) is 5.33 Å². The zero-order chi connectivity index (χ0) is 14.7. The normalized spacial score (nSPS) is 10.4. The quantitative estimate of drug-likeness (QED) is 0.612. The van der Waals surface area contributed by atoms with Crippen LogP contribution in [0.25, 0.3) is 5.57 Å². The van der Waals surface area contributed by atoms with E-state index in [0.717, 1.165) is 32.1 Å². The standard InChI is InChI=1S/C16H13Br2FO/c1-10(12-4-6-16(20-2)15(19)8-12)13-5-3-11(9-17)7-14(13)18/h3-8H,1,9H2,2H3. The van der Waals surface area contributed by atoms with Crippen LogP contribution in [0.5, 0.6) is 5.75 Å². The molecule has 0 amide bonds. The number of alkyl halides is 1. The number of ether oxygens (including phenoxy) is 1. The Morgan fingerprint density at radius 3 is 2.55 bits per heavy atom. The number of methoxy groups -OCH3 is 1. The highest BCUT2D eigenvalue weighted by molar-refractivity contribution is 9.10. The minimum atomic E-state index is -0.389. The van der Waals surface area contributed by atoms with E-state index in [4.69, 9.17) is 4.74 Å². The number of rotatable bonds is 4. The average Bonchev–Trinajstić information content (AvgIpc) is 2.46. The average molecular weight is 400 g/mol. The maximum absolute atomic E-state index is 13.8. The van der Waals surface area contributed by atoms with Crippen molar-refractivity contribution >= 4 is 37.4 Å². The molecule has 0 aliphatic heterocycles. The topological polar surface area (TPSA) is 9.23 Å². The molecule has 0 radical (unpaired) electrons. The Balaban J connectivity index is 2.38. The van der Waals surface area contributed by atoms with E-state index in [1.54, 1.807) is 12.1 Å². The van der Waals surface area contributed by atoms with Crippen molar-refractivity contribution in [3.05, 3.63) is 70.0 Å². The monoisotopic (exact) mass is 398 g/mol. The second-order valence-electron chi connectivity index (χ2n) is 4.28. The van der Waals surface area contributed by atoms with Crippen LogP contribution in [0.1, 0.15) is 16.7 Å². The van der Waals surface area contributed by atoms with Crippen LogP contribution in [0.2, 0.25) is 0 Å². The van der Waals surface area contributed by atoms with Crippen LogP contribution in [0.4, 0.5) is 4.39 Å². The molecule has 104 valence electrons. The molecule has 0 saturated carbocycles. The highest BCUT2D eigenvalue weighted by Crippen LogP contribution is 2.31. The van der Waals surface area contributed by atoms with Gasteiger partial charge < -0.3 is 4.74 Å². The van der Waals surface area contributed by atoms with E-state index in [0.29, 0.717) is 0 Å². The van der Waals surface area contributed by atoms with Crippen molar-refractivity contribution in [3.63, 3.8) is 0 Å². The van der Waals surface area contributed by atoms with Gasteiger partial charge in [0.25, 0.3) is 0 Å². The van der Waals surface area contributed by atoms with Gasteiger partial charge in [-0.05, 0) is 40.5 Å². The number of hydrogen-bond donors (Lipinski definition) is 0.